The number of carbonyl (C=O) groups excluding carboxylic acids is 1. The van der Waals surface area contributed by atoms with E-state index in [1.165, 1.54) is 6.33 Å². The molecule has 0 aliphatic rings. The van der Waals surface area contributed by atoms with Gasteiger partial charge in [0.25, 0.3) is 0 Å². The van der Waals surface area contributed by atoms with Gasteiger partial charge in [-0.1, -0.05) is 12.1 Å². The number of hydrogen-bond acceptors (Lipinski definition) is 6. The minimum Gasteiger partial charge on any atom is -0.480 e. The van der Waals surface area contributed by atoms with Crippen LogP contribution in [-0.4, -0.2) is 27.3 Å². The lowest BCUT2D eigenvalue weighted by atomic mass is 10.3. The first kappa shape index (κ1) is 13.9. The molecule has 0 aliphatic carbocycles. The van der Waals surface area contributed by atoms with Crippen LogP contribution in [-0.2, 0) is 22.7 Å². The summed E-state index contributed by atoms with van der Waals surface area (Å²) in [5, 5.41) is 3.98. The number of benzene rings is 1. The number of nitrogens with two attached hydrogens (primary N) is 1. The topological polar surface area (TPSA) is 92.3 Å². The van der Waals surface area contributed by atoms with E-state index in [-0.39, 0.29) is 13.2 Å². The van der Waals surface area contributed by atoms with Crippen molar-refractivity contribution in [3.05, 3.63) is 36.4 Å². The molecule has 0 amide bonds. The number of aryl methyl sites for hydroxylation is 1. The van der Waals surface area contributed by atoms with Crippen LogP contribution in [0.5, 0.6) is 5.75 Å². The van der Waals surface area contributed by atoms with Gasteiger partial charge in [-0.15, -0.1) is 0 Å². The van der Waals surface area contributed by atoms with E-state index >= 15 is 0 Å². The van der Waals surface area contributed by atoms with Crippen molar-refractivity contribution in [2.24, 2.45) is 0 Å². The van der Waals surface area contributed by atoms with Crippen LogP contribution in [0.4, 0.5) is 5.69 Å². The third-order valence-corrected chi connectivity index (χ3v) is 2.62. The third kappa shape index (κ3) is 3.47. The van der Waals surface area contributed by atoms with Crippen LogP contribution in [0.15, 0.2) is 30.6 Å². The fourth-order valence-corrected chi connectivity index (χ4v) is 1.60. The van der Waals surface area contributed by atoms with E-state index in [1.54, 1.807) is 28.9 Å². The average Bonchev–Trinajstić information content (AvgIpc) is 2.91. The summed E-state index contributed by atoms with van der Waals surface area (Å²) < 4.78 is 12.0. The molecule has 0 saturated carbocycles. The number of para-hydroxylation sites is 2. The van der Waals surface area contributed by atoms with Crippen LogP contribution in [0.3, 0.4) is 0 Å². The van der Waals surface area contributed by atoms with Crippen molar-refractivity contribution in [1.82, 2.24) is 14.8 Å². The molecule has 1 aromatic heterocycles. The first-order valence-corrected chi connectivity index (χ1v) is 6.20. The molecule has 2 N–H and O–H groups in total. The van der Waals surface area contributed by atoms with Gasteiger partial charge in [0.05, 0.1) is 5.69 Å². The monoisotopic (exact) mass is 276 g/mol. The molecule has 106 valence electrons. The van der Waals surface area contributed by atoms with Crippen LogP contribution in [0, 0.1) is 0 Å². The lowest BCUT2D eigenvalue weighted by Gasteiger charge is -2.08. The van der Waals surface area contributed by atoms with Gasteiger partial charge < -0.3 is 15.2 Å². The van der Waals surface area contributed by atoms with Gasteiger partial charge in [0.1, 0.15) is 12.1 Å². The molecular weight excluding hydrogens is 260 g/mol. The molecule has 0 fully saturated rings. The maximum atomic E-state index is 11.6. The Balaban J connectivity index is 1.80. The summed E-state index contributed by atoms with van der Waals surface area (Å²) in [7, 11) is 0. The zero-order chi connectivity index (χ0) is 14.4. The Bertz CT molecular complexity index is 583. The molecule has 1 aromatic carbocycles. The number of aromatic nitrogens is 3. The summed E-state index contributed by atoms with van der Waals surface area (Å²) in [6.45, 7) is 2.47. The number of anilines is 1. The molecular formula is C13H16N4O3. The Morgan fingerprint density at radius 1 is 1.40 bits per heavy atom. The number of carbonyl (C=O) groups is 1. The molecule has 7 nitrogen and oxygen atoms in total. The Morgan fingerprint density at radius 3 is 2.95 bits per heavy atom. The Labute approximate surface area is 116 Å². The summed E-state index contributed by atoms with van der Waals surface area (Å²) in [5.41, 5.74) is 6.17. The second-order valence-corrected chi connectivity index (χ2v) is 3.98. The van der Waals surface area contributed by atoms with Gasteiger partial charge in [-0.3, -0.25) is 0 Å². The number of ether oxygens (including phenoxy) is 2. The highest BCUT2D eigenvalue weighted by Gasteiger charge is 2.09. The Kier molecular flexibility index (Phi) is 4.54. The predicted octanol–water partition coefficient (Wildman–Crippen LogP) is 1.00. The smallest absolute Gasteiger partial charge is 0.344 e. The average molecular weight is 276 g/mol. The maximum absolute atomic E-state index is 11.6. The Morgan fingerprint density at radius 2 is 2.20 bits per heavy atom. The molecule has 0 bridgehead atoms. The molecule has 0 unspecified atom stereocenters. The van der Waals surface area contributed by atoms with Gasteiger partial charge >= 0.3 is 5.97 Å². The third-order valence-electron chi connectivity index (χ3n) is 2.62. The molecule has 7 heteroatoms. The van der Waals surface area contributed by atoms with Crippen molar-refractivity contribution >= 4 is 11.7 Å². The highest BCUT2D eigenvalue weighted by atomic mass is 16.6. The van der Waals surface area contributed by atoms with Crippen LogP contribution in [0.2, 0.25) is 0 Å². The van der Waals surface area contributed by atoms with Crippen molar-refractivity contribution in [1.29, 1.82) is 0 Å². The summed E-state index contributed by atoms with van der Waals surface area (Å²) in [4.78, 5) is 15.6. The number of hydrogen-bond donors (Lipinski definition) is 1. The standard InChI is InChI=1S/C13H16N4O3/c1-2-17-12(15-9-16-17)7-20-13(18)8-19-11-6-4-3-5-10(11)14/h3-6,9H,2,7-8,14H2,1H3. The van der Waals surface area contributed by atoms with E-state index in [0.717, 1.165) is 0 Å². The van der Waals surface area contributed by atoms with Gasteiger partial charge in [-0.2, -0.15) is 5.10 Å². The number of rotatable bonds is 6. The van der Waals surface area contributed by atoms with E-state index in [1.807, 2.05) is 6.92 Å². The van der Waals surface area contributed by atoms with Crippen molar-refractivity contribution in [2.75, 3.05) is 12.3 Å². The largest absolute Gasteiger partial charge is 0.480 e. The Hall–Kier alpha value is -2.57. The van der Waals surface area contributed by atoms with E-state index in [4.69, 9.17) is 15.2 Å². The SMILES string of the molecule is CCn1ncnc1COC(=O)COc1ccccc1N. The van der Waals surface area contributed by atoms with Gasteiger partial charge in [-0.05, 0) is 19.1 Å². The molecule has 0 atom stereocenters. The molecule has 0 spiro atoms. The normalized spacial score (nSPS) is 10.2. The van der Waals surface area contributed by atoms with Crippen molar-refractivity contribution < 1.29 is 14.3 Å². The van der Waals surface area contributed by atoms with Crippen LogP contribution < -0.4 is 10.5 Å². The number of nitrogen functional groups attached to an aromatic ring is 1. The van der Waals surface area contributed by atoms with E-state index in [9.17, 15) is 4.79 Å². The van der Waals surface area contributed by atoms with Gasteiger partial charge in [0, 0.05) is 6.54 Å². The minimum absolute atomic E-state index is 0.0697. The maximum Gasteiger partial charge on any atom is 0.344 e. The van der Waals surface area contributed by atoms with Gasteiger partial charge in [0.15, 0.2) is 19.0 Å². The number of nitrogens with zero attached hydrogens (tertiary/aromatic N) is 3. The molecule has 2 rings (SSSR count). The molecule has 2 aromatic rings. The molecule has 0 radical (unpaired) electrons. The zero-order valence-electron chi connectivity index (χ0n) is 11.2. The minimum atomic E-state index is -0.487. The van der Waals surface area contributed by atoms with Crippen LogP contribution in [0.25, 0.3) is 0 Å². The number of esters is 1. The van der Waals surface area contributed by atoms with Crippen molar-refractivity contribution in [3.8, 4) is 5.75 Å². The molecule has 1 heterocycles. The van der Waals surface area contributed by atoms with E-state index in [0.29, 0.717) is 23.8 Å². The highest BCUT2D eigenvalue weighted by Crippen LogP contribution is 2.19. The molecule has 0 aliphatic heterocycles. The molecule has 0 saturated heterocycles. The van der Waals surface area contributed by atoms with Gasteiger partial charge in [-0.25, -0.2) is 14.5 Å². The fraction of sp³-hybridized carbons (Fsp3) is 0.308. The fourth-order valence-electron chi connectivity index (χ4n) is 1.60. The lowest BCUT2D eigenvalue weighted by molar-refractivity contribution is -0.147. The predicted molar refractivity (Wildman–Crippen MR) is 71.8 cm³/mol. The first-order valence-electron chi connectivity index (χ1n) is 6.20. The summed E-state index contributed by atoms with van der Waals surface area (Å²) in [6.07, 6.45) is 1.42. The zero-order valence-corrected chi connectivity index (χ0v) is 11.2. The highest BCUT2D eigenvalue weighted by molar-refractivity contribution is 5.71. The summed E-state index contributed by atoms with van der Waals surface area (Å²) in [5.74, 6) is 0.570. The van der Waals surface area contributed by atoms with E-state index in [2.05, 4.69) is 10.1 Å². The second-order valence-electron chi connectivity index (χ2n) is 3.98. The second kappa shape index (κ2) is 6.55. The van der Waals surface area contributed by atoms with Crippen LogP contribution >= 0.6 is 0 Å². The summed E-state index contributed by atoms with van der Waals surface area (Å²) >= 11 is 0. The van der Waals surface area contributed by atoms with Crippen molar-refractivity contribution in [3.63, 3.8) is 0 Å². The first-order chi connectivity index (χ1) is 9.70. The van der Waals surface area contributed by atoms with Gasteiger partial charge in [0.2, 0.25) is 0 Å². The lowest BCUT2D eigenvalue weighted by Crippen LogP contribution is -2.17. The summed E-state index contributed by atoms with van der Waals surface area (Å²) in [6, 6.07) is 6.96. The van der Waals surface area contributed by atoms with Crippen molar-refractivity contribution in [2.45, 2.75) is 20.1 Å². The quantitative estimate of drug-likeness (QED) is 0.625. The molecule has 20 heavy (non-hydrogen) atoms. The van der Waals surface area contributed by atoms with Crippen LogP contribution in [0.1, 0.15) is 12.7 Å². The van der Waals surface area contributed by atoms with E-state index < -0.39 is 5.97 Å².